The van der Waals surface area contributed by atoms with E-state index in [1.807, 2.05) is 24.3 Å². The summed E-state index contributed by atoms with van der Waals surface area (Å²) in [7, 11) is 0. The molecule has 0 saturated carbocycles. The lowest BCUT2D eigenvalue weighted by Gasteiger charge is -2.44. The summed E-state index contributed by atoms with van der Waals surface area (Å²) in [5.41, 5.74) is 2.65. The van der Waals surface area contributed by atoms with E-state index in [0.717, 1.165) is 36.1 Å². The lowest BCUT2D eigenvalue weighted by molar-refractivity contribution is 0.0607. The molecule has 6 rings (SSSR count). The maximum absolute atomic E-state index is 12.7. The van der Waals surface area contributed by atoms with E-state index in [9.17, 15) is 4.79 Å². The summed E-state index contributed by atoms with van der Waals surface area (Å²) in [6.07, 6.45) is 7.41. The minimum atomic E-state index is -0.121. The molecule has 3 saturated heterocycles. The van der Waals surface area contributed by atoms with Gasteiger partial charge < -0.3 is 14.6 Å². The highest BCUT2D eigenvalue weighted by Crippen LogP contribution is 2.29. The van der Waals surface area contributed by atoms with E-state index < -0.39 is 0 Å². The monoisotopic (exact) mass is 348 g/mol. The molecule has 6 heteroatoms. The molecule has 0 spiro atoms. The Morgan fingerprint density at radius 2 is 1.92 bits per heavy atom. The second-order valence-corrected chi connectivity index (χ2v) is 7.21. The Balaban J connectivity index is 1.38. The molecule has 0 aliphatic carbocycles. The van der Waals surface area contributed by atoms with E-state index >= 15 is 0 Å². The third-order valence-electron chi connectivity index (χ3n) is 5.61. The topological polar surface area (TPSA) is 71.3 Å². The lowest BCUT2D eigenvalue weighted by atomic mass is 9.84. The van der Waals surface area contributed by atoms with Gasteiger partial charge in [0.25, 0.3) is 5.91 Å². The van der Waals surface area contributed by atoms with Crippen LogP contribution in [0.2, 0.25) is 0 Å². The van der Waals surface area contributed by atoms with Crippen LogP contribution in [-0.4, -0.2) is 46.5 Å². The first kappa shape index (κ1) is 15.5. The van der Waals surface area contributed by atoms with Gasteiger partial charge >= 0.3 is 0 Å². The first-order chi connectivity index (χ1) is 12.8. The van der Waals surface area contributed by atoms with Crippen molar-refractivity contribution in [2.24, 2.45) is 5.92 Å². The molecule has 2 bridgehead atoms. The smallest absolute Gasteiger partial charge is 0.287 e. The van der Waals surface area contributed by atoms with E-state index in [-0.39, 0.29) is 11.9 Å². The van der Waals surface area contributed by atoms with Crippen molar-refractivity contribution in [3.63, 3.8) is 0 Å². The molecule has 1 N–H and O–H groups in total. The van der Waals surface area contributed by atoms with Gasteiger partial charge in [-0.05, 0) is 55.6 Å². The molecular formula is C20H20N4O2. The Kier molecular flexibility index (Phi) is 3.71. The number of hydrogen-bond donors (Lipinski definition) is 1. The number of carbonyl (C=O) groups excluding carboxylic acids is 1. The van der Waals surface area contributed by atoms with Gasteiger partial charge in [-0.2, -0.15) is 0 Å². The first-order valence-corrected chi connectivity index (χ1v) is 9.08. The van der Waals surface area contributed by atoms with Crippen molar-refractivity contribution in [3.8, 4) is 11.1 Å². The van der Waals surface area contributed by atoms with Crippen molar-refractivity contribution in [2.75, 3.05) is 19.6 Å². The number of nitrogens with one attached hydrogen (secondary N) is 1. The number of carbonyl (C=O) groups is 1. The summed E-state index contributed by atoms with van der Waals surface area (Å²) >= 11 is 0. The van der Waals surface area contributed by atoms with Crippen molar-refractivity contribution in [1.29, 1.82) is 0 Å². The second-order valence-electron chi connectivity index (χ2n) is 7.21. The van der Waals surface area contributed by atoms with Crippen LogP contribution < -0.4 is 5.32 Å². The molecule has 5 heterocycles. The minimum Gasteiger partial charge on any atom is -0.451 e. The van der Waals surface area contributed by atoms with Crippen LogP contribution in [-0.2, 0) is 0 Å². The number of fused-ring (bicyclic) bond motifs is 4. The molecular weight excluding hydrogens is 328 g/mol. The number of amides is 1. The predicted molar refractivity (Wildman–Crippen MR) is 97.7 cm³/mol. The number of furan rings is 1. The average Bonchev–Trinajstić information content (AvgIpc) is 3.13. The summed E-state index contributed by atoms with van der Waals surface area (Å²) in [6.45, 7) is 3.27. The number of nitrogens with zero attached hydrogens (tertiary/aromatic N) is 3. The summed E-state index contributed by atoms with van der Waals surface area (Å²) in [5.74, 6) is 0.848. The highest BCUT2D eigenvalue weighted by Gasteiger charge is 2.35. The quantitative estimate of drug-likeness (QED) is 0.788. The van der Waals surface area contributed by atoms with Crippen LogP contribution in [0.4, 0.5) is 0 Å². The van der Waals surface area contributed by atoms with Crippen LogP contribution in [0.3, 0.4) is 0 Å². The molecule has 132 valence electrons. The Labute approximate surface area is 151 Å². The molecule has 3 fully saturated rings. The summed E-state index contributed by atoms with van der Waals surface area (Å²) < 4.78 is 5.79. The number of benzene rings is 1. The van der Waals surface area contributed by atoms with Gasteiger partial charge in [0.15, 0.2) is 5.76 Å². The molecule has 1 aromatic carbocycles. The van der Waals surface area contributed by atoms with Gasteiger partial charge in [-0.25, -0.2) is 9.97 Å². The Hall–Kier alpha value is -2.73. The van der Waals surface area contributed by atoms with Crippen LogP contribution >= 0.6 is 0 Å². The first-order valence-electron chi connectivity index (χ1n) is 9.08. The zero-order valence-electron chi connectivity index (χ0n) is 14.4. The molecule has 3 aromatic rings. The second kappa shape index (κ2) is 6.21. The van der Waals surface area contributed by atoms with E-state index in [1.165, 1.54) is 19.2 Å². The SMILES string of the molecule is O=C(NC1CN2CCC1CC2)c1cc2cc(-c3cncnc3)ccc2o1. The molecule has 1 atom stereocenters. The van der Waals surface area contributed by atoms with Crippen molar-refractivity contribution >= 4 is 16.9 Å². The van der Waals surface area contributed by atoms with Crippen molar-refractivity contribution in [2.45, 2.75) is 18.9 Å². The van der Waals surface area contributed by atoms with Gasteiger partial charge in [0, 0.05) is 35.9 Å². The van der Waals surface area contributed by atoms with Crippen LogP contribution in [0.15, 0.2) is 47.4 Å². The maximum atomic E-state index is 12.7. The highest BCUT2D eigenvalue weighted by atomic mass is 16.3. The molecule has 1 amide bonds. The van der Waals surface area contributed by atoms with E-state index in [4.69, 9.17) is 4.42 Å². The molecule has 1 unspecified atom stereocenters. The zero-order valence-corrected chi connectivity index (χ0v) is 14.4. The standard InChI is InChI=1S/C20H20N4O2/c25-20(23-17-11-24-5-3-13(17)4-6-24)19-8-15-7-14(1-2-18(15)26-19)16-9-21-12-22-10-16/h1-2,7-10,12-13,17H,3-6,11H2,(H,23,25). The largest absolute Gasteiger partial charge is 0.451 e. The summed E-state index contributed by atoms with van der Waals surface area (Å²) in [4.78, 5) is 23.2. The van der Waals surface area contributed by atoms with Gasteiger partial charge in [0.2, 0.25) is 0 Å². The normalized spacial score (nSPS) is 24.7. The van der Waals surface area contributed by atoms with Crippen LogP contribution in [0.1, 0.15) is 23.4 Å². The molecule has 3 aliphatic rings. The highest BCUT2D eigenvalue weighted by molar-refractivity contribution is 5.97. The maximum Gasteiger partial charge on any atom is 0.287 e. The van der Waals surface area contributed by atoms with Crippen molar-refractivity contribution in [1.82, 2.24) is 20.2 Å². The molecule has 3 aliphatic heterocycles. The van der Waals surface area contributed by atoms with Crippen LogP contribution in [0.5, 0.6) is 0 Å². The molecule has 26 heavy (non-hydrogen) atoms. The van der Waals surface area contributed by atoms with Gasteiger partial charge in [0.1, 0.15) is 11.9 Å². The molecule has 6 nitrogen and oxygen atoms in total. The third-order valence-corrected chi connectivity index (χ3v) is 5.61. The summed E-state index contributed by atoms with van der Waals surface area (Å²) in [5, 5.41) is 4.09. The Morgan fingerprint density at radius 3 is 2.65 bits per heavy atom. The van der Waals surface area contributed by atoms with Gasteiger partial charge in [0.05, 0.1) is 0 Å². The lowest BCUT2D eigenvalue weighted by Crippen LogP contribution is -2.57. The van der Waals surface area contributed by atoms with E-state index in [0.29, 0.717) is 17.3 Å². The number of rotatable bonds is 3. The van der Waals surface area contributed by atoms with Crippen LogP contribution in [0.25, 0.3) is 22.1 Å². The fourth-order valence-electron chi connectivity index (χ4n) is 4.15. The van der Waals surface area contributed by atoms with Gasteiger partial charge in [-0.1, -0.05) is 6.07 Å². The van der Waals surface area contributed by atoms with Gasteiger partial charge in [-0.15, -0.1) is 0 Å². The van der Waals surface area contributed by atoms with Crippen molar-refractivity contribution in [3.05, 3.63) is 48.7 Å². The van der Waals surface area contributed by atoms with Crippen LogP contribution in [0, 0.1) is 5.92 Å². The number of hydrogen-bond acceptors (Lipinski definition) is 5. The zero-order chi connectivity index (χ0) is 17.5. The Morgan fingerprint density at radius 1 is 1.12 bits per heavy atom. The average molecular weight is 348 g/mol. The Bertz CT molecular complexity index is 945. The van der Waals surface area contributed by atoms with E-state index in [1.54, 1.807) is 12.4 Å². The van der Waals surface area contributed by atoms with Gasteiger partial charge in [-0.3, -0.25) is 4.79 Å². The fraction of sp³-hybridized carbons (Fsp3) is 0.350. The predicted octanol–water partition coefficient (Wildman–Crippen LogP) is 2.71. The fourth-order valence-corrected chi connectivity index (χ4v) is 4.15. The molecule has 2 aromatic heterocycles. The van der Waals surface area contributed by atoms with E-state index in [2.05, 4.69) is 20.2 Å². The number of piperidine rings is 3. The number of aromatic nitrogens is 2. The summed E-state index contributed by atoms with van der Waals surface area (Å²) in [6, 6.07) is 7.90. The minimum absolute atomic E-state index is 0.121. The van der Waals surface area contributed by atoms with Crippen molar-refractivity contribution < 1.29 is 9.21 Å². The molecule has 0 radical (unpaired) electrons. The third kappa shape index (κ3) is 2.76.